The van der Waals surface area contributed by atoms with Crippen LogP contribution < -0.4 is 15.9 Å². The molecule has 9 heteroatoms. The lowest BCUT2D eigenvalue weighted by Crippen LogP contribution is -2.40. The number of benzene rings is 1. The van der Waals surface area contributed by atoms with E-state index in [4.69, 9.17) is 17.3 Å². The minimum absolute atomic E-state index is 0.0251. The second-order valence-corrected chi connectivity index (χ2v) is 8.53. The molecule has 0 saturated carbocycles. The van der Waals surface area contributed by atoms with Crippen molar-refractivity contribution in [2.75, 3.05) is 5.73 Å². The molecule has 0 radical (unpaired) electrons. The van der Waals surface area contributed by atoms with Crippen molar-refractivity contribution in [2.24, 2.45) is 0 Å². The van der Waals surface area contributed by atoms with Crippen LogP contribution in [-0.2, 0) is 16.4 Å². The van der Waals surface area contributed by atoms with Crippen molar-refractivity contribution < 1.29 is 13.0 Å². The van der Waals surface area contributed by atoms with Gasteiger partial charge in [-0.1, -0.05) is 22.7 Å². The van der Waals surface area contributed by atoms with Crippen molar-refractivity contribution in [3.63, 3.8) is 0 Å². The zero-order valence-electron chi connectivity index (χ0n) is 14.8. The maximum Gasteiger partial charge on any atom is 0.278 e. The smallest absolute Gasteiger partial charge is 0.278 e. The van der Waals surface area contributed by atoms with Crippen molar-refractivity contribution in [2.45, 2.75) is 23.3 Å². The van der Waals surface area contributed by atoms with Crippen molar-refractivity contribution >= 4 is 43.9 Å². The SMILES string of the molecule is CC[n+]1c(N)c(S(=O)(=O)c2ccc(Cl)cc2)cc2c(=O)n3ccccc3nc21. The van der Waals surface area contributed by atoms with E-state index in [0.29, 0.717) is 22.9 Å². The maximum absolute atomic E-state index is 13.2. The maximum atomic E-state index is 13.2. The van der Waals surface area contributed by atoms with Crippen LogP contribution >= 0.6 is 11.6 Å². The molecular weight excluding hydrogens is 400 g/mol. The van der Waals surface area contributed by atoms with Gasteiger partial charge < -0.3 is 5.73 Å². The quantitative estimate of drug-likeness (QED) is 0.408. The minimum Gasteiger partial charge on any atom is -0.317 e. The lowest BCUT2D eigenvalue weighted by Gasteiger charge is -2.11. The van der Waals surface area contributed by atoms with Crippen LogP contribution in [0.25, 0.3) is 16.7 Å². The van der Waals surface area contributed by atoms with Gasteiger partial charge in [-0.2, -0.15) is 0 Å². The Bertz CT molecular complexity index is 1400. The Morgan fingerprint density at radius 1 is 1.18 bits per heavy atom. The number of aromatic nitrogens is 3. The van der Waals surface area contributed by atoms with Gasteiger partial charge >= 0.3 is 0 Å². The number of sulfone groups is 1. The van der Waals surface area contributed by atoms with Gasteiger partial charge in [-0.05, 0) is 49.4 Å². The number of hydrogen-bond acceptors (Lipinski definition) is 5. The van der Waals surface area contributed by atoms with Crippen LogP contribution in [0.15, 0.2) is 69.3 Å². The third-order valence-corrected chi connectivity index (χ3v) is 6.60. The number of pyridine rings is 2. The highest BCUT2D eigenvalue weighted by Crippen LogP contribution is 2.27. The molecule has 142 valence electrons. The Morgan fingerprint density at radius 2 is 1.89 bits per heavy atom. The molecule has 7 nitrogen and oxygen atoms in total. The number of anilines is 1. The Morgan fingerprint density at radius 3 is 2.57 bits per heavy atom. The Labute approximate surface area is 165 Å². The molecule has 0 fully saturated rings. The standard InChI is InChI=1S/C19H15ClN4O3S/c1-2-23-17(21)15(28(26,27)13-8-6-12(20)7-9-13)11-14-18(23)22-16-5-3-4-10-24(16)19(14)25/h3-11,21H,2H2,1H3/p+1. The van der Waals surface area contributed by atoms with Crippen LogP contribution in [-0.4, -0.2) is 17.8 Å². The van der Waals surface area contributed by atoms with Crippen molar-refractivity contribution in [3.05, 3.63) is 70.1 Å². The van der Waals surface area contributed by atoms with Crippen molar-refractivity contribution in [1.82, 2.24) is 9.38 Å². The first-order valence-corrected chi connectivity index (χ1v) is 10.3. The molecule has 3 aromatic heterocycles. The van der Waals surface area contributed by atoms with Crippen molar-refractivity contribution in [1.29, 1.82) is 0 Å². The van der Waals surface area contributed by atoms with Gasteiger partial charge in [0.15, 0.2) is 0 Å². The van der Waals surface area contributed by atoms with Crippen LogP contribution in [0.1, 0.15) is 6.92 Å². The van der Waals surface area contributed by atoms with Gasteiger partial charge in [-0.15, -0.1) is 0 Å². The summed E-state index contributed by atoms with van der Waals surface area (Å²) in [6.07, 6.45) is 1.59. The number of nitrogens with two attached hydrogens (primary N) is 1. The summed E-state index contributed by atoms with van der Waals surface area (Å²) in [5.41, 5.74) is 6.64. The molecule has 0 saturated heterocycles. The predicted molar refractivity (Wildman–Crippen MR) is 106 cm³/mol. The molecule has 0 bridgehead atoms. The summed E-state index contributed by atoms with van der Waals surface area (Å²) in [5.74, 6) is 0.0251. The van der Waals surface area contributed by atoms with E-state index in [0.717, 1.165) is 0 Å². The molecule has 28 heavy (non-hydrogen) atoms. The van der Waals surface area contributed by atoms with Crippen molar-refractivity contribution in [3.8, 4) is 0 Å². The second kappa shape index (κ2) is 6.57. The zero-order chi connectivity index (χ0) is 20.1. The molecule has 3 heterocycles. The molecule has 0 atom stereocenters. The molecule has 0 unspecified atom stereocenters. The summed E-state index contributed by atoms with van der Waals surface area (Å²) in [5, 5.41) is 0.593. The van der Waals surface area contributed by atoms with Gasteiger partial charge in [0, 0.05) is 11.2 Å². The number of rotatable bonds is 3. The molecule has 0 amide bonds. The van der Waals surface area contributed by atoms with Crippen LogP contribution in [0.3, 0.4) is 0 Å². The minimum atomic E-state index is -3.96. The van der Waals surface area contributed by atoms with Gasteiger partial charge in [-0.3, -0.25) is 9.20 Å². The van der Waals surface area contributed by atoms with E-state index in [1.807, 2.05) is 6.92 Å². The van der Waals surface area contributed by atoms with Crippen LogP contribution in [0.4, 0.5) is 5.82 Å². The number of halogens is 1. The Kier molecular flexibility index (Phi) is 4.32. The highest BCUT2D eigenvalue weighted by molar-refractivity contribution is 7.91. The highest BCUT2D eigenvalue weighted by atomic mass is 35.5. The normalized spacial score (nSPS) is 11.9. The molecule has 0 aliphatic rings. The number of nitrogens with zero attached hydrogens (tertiary/aromatic N) is 3. The molecule has 4 rings (SSSR count). The van der Waals surface area contributed by atoms with E-state index >= 15 is 0 Å². The number of aryl methyl sites for hydroxylation is 1. The fourth-order valence-electron chi connectivity index (χ4n) is 3.15. The largest absolute Gasteiger partial charge is 0.317 e. The molecule has 2 N–H and O–H groups in total. The first-order valence-electron chi connectivity index (χ1n) is 8.48. The third-order valence-electron chi connectivity index (χ3n) is 4.55. The fraction of sp³-hybridized carbons (Fsp3) is 0.105. The summed E-state index contributed by atoms with van der Waals surface area (Å²) >= 11 is 5.87. The Balaban J connectivity index is 2.12. The van der Waals surface area contributed by atoms with E-state index in [-0.39, 0.29) is 26.6 Å². The molecule has 4 aromatic rings. The van der Waals surface area contributed by atoms with Crippen LogP contribution in [0, 0.1) is 0 Å². The number of nitrogen functional groups attached to an aromatic ring is 1. The summed E-state index contributed by atoms with van der Waals surface area (Å²) in [6.45, 7) is 2.16. The Hall–Kier alpha value is -2.97. The predicted octanol–water partition coefficient (Wildman–Crippen LogP) is 2.22. The van der Waals surface area contributed by atoms with E-state index in [9.17, 15) is 13.2 Å². The summed E-state index contributed by atoms with van der Waals surface area (Å²) in [6, 6.07) is 12.3. The first kappa shape index (κ1) is 18.4. The van der Waals surface area contributed by atoms with Gasteiger partial charge in [0.1, 0.15) is 10.3 Å². The molecule has 0 aliphatic carbocycles. The highest BCUT2D eigenvalue weighted by Gasteiger charge is 2.28. The molecule has 1 aromatic carbocycles. The second-order valence-electron chi connectivity index (χ2n) is 6.18. The lowest BCUT2D eigenvalue weighted by molar-refractivity contribution is -0.656. The number of fused-ring (bicyclic) bond motifs is 2. The van der Waals surface area contributed by atoms with Gasteiger partial charge in [0.2, 0.25) is 21.3 Å². The topological polar surface area (TPSA) is 98.4 Å². The van der Waals surface area contributed by atoms with Gasteiger partial charge in [-0.25, -0.2) is 13.0 Å². The van der Waals surface area contributed by atoms with Gasteiger partial charge in [0.25, 0.3) is 11.2 Å². The molecular formula is C19H16ClN4O3S+. The summed E-state index contributed by atoms with van der Waals surface area (Å²) in [4.78, 5) is 17.4. The van der Waals surface area contributed by atoms with E-state index < -0.39 is 9.84 Å². The molecule has 0 aliphatic heterocycles. The third kappa shape index (κ3) is 2.73. The summed E-state index contributed by atoms with van der Waals surface area (Å²) in [7, 11) is -3.96. The summed E-state index contributed by atoms with van der Waals surface area (Å²) < 4.78 is 29.3. The van der Waals surface area contributed by atoms with Crippen LogP contribution in [0.2, 0.25) is 5.02 Å². The average Bonchev–Trinajstić information content (AvgIpc) is 2.68. The van der Waals surface area contributed by atoms with Crippen LogP contribution in [0.5, 0.6) is 0 Å². The molecule has 0 spiro atoms. The van der Waals surface area contributed by atoms with E-state index in [1.54, 1.807) is 24.4 Å². The van der Waals surface area contributed by atoms with Gasteiger partial charge in [0.05, 0.1) is 11.4 Å². The number of hydrogen-bond donors (Lipinski definition) is 1. The van der Waals surface area contributed by atoms with E-state index in [1.165, 1.54) is 39.3 Å². The monoisotopic (exact) mass is 415 g/mol. The lowest BCUT2D eigenvalue weighted by atomic mass is 10.3. The average molecular weight is 416 g/mol. The zero-order valence-corrected chi connectivity index (χ0v) is 16.4. The van der Waals surface area contributed by atoms with E-state index in [2.05, 4.69) is 4.98 Å². The fourth-order valence-corrected chi connectivity index (χ4v) is 4.68. The first-order chi connectivity index (χ1) is 13.3.